The highest BCUT2D eigenvalue weighted by molar-refractivity contribution is 6.43. The standard InChI is InChI=1S/C18H18Cl2N2O3/c1-24-15-8-11-6-7-22(10-12(11)9-16(15)25-2)18(23)21-14-5-3-4-13(19)17(14)20/h3-5,8-9H,6-7,10H2,1-2H3,(H,21,23). The quantitative estimate of drug-likeness (QED) is 0.846. The van der Waals surface area contributed by atoms with Crippen molar-refractivity contribution in [2.24, 2.45) is 0 Å². The first-order valence-corrected chi connectivity index (χ1v) is 8.52. The molecular weight excluding hydrogens is 363 g/mol. The van der Waals surface area contributed by atoms with Crippen LogP contribution < -0.4 is 14.8 Å². The number of halogens is 2. The maximum absolute atomic E-state index is 12.6. The molecule has 0 aromatic heterocycles. The Morgan fingerprint density at radius 3 is 2.48 bits per heavy atom. The zero-order valence-corrected chi connectivity index (χ0v) is 15.4. The molecule has 5 nitrogen and oxygen atoms in total. The Bertz CT molecular complexity index is 811. The molecule has 1 aliphatic heterocycles. The summed E-state index contributed by atoms with van der Waals surface area (Å²) >= 11 is 12.1. The minimum absolute atomic E-state index is 0.218. The van der Waals surface area contributed by atoms with E-state index in [-0.39, 0.29) is 6.03 Å². The summed E-state index contributed by atoms with van der Waals surface area (Å²) in [5.41, 5.74) is 2.69. The Morgan fingerprint density at radius 2 is 1.80 bits per heavy atom. The minimum atomic E-state index is -0.218. The number of hydrogen-bond acceptors (Lipinski definition) is 3. The predicted octanol–water partition coefficient (Wildman–Crippen LogP) is 4.60. The van der Waals surface area contributed by atoms with Gasteiger partial charge in [-0.3, -0.25) is 0 Å². The average Bonchev–Trinajstić information content (AvgIpc) is 2.63. The van der Waals surface area contributed by atoms with Crippen LogP contribution in [0.15, 0.2) is 30.3 Å². The SMILES string of the molecule is COc1cc2c(cc1OC)CN(C(=O)Nc1cccc(Cl)c1Cl)CC2. The summed E-state index contributed by atoms with van der Waals surface area (Å²) in [6.45, 7) is 1.09. The number of rotatable bonds is 3. The number of fused-ring (bicyclic) bond motifs is 1. The lowest BCUT2D eigenvalue weighted by atomic mass is 9.99. The van der Waals surface area contributed by atoms with Crippen LogP contribution in [-0.4, -0.2) is 31.7 Å². The van der Waals surface area contributed by atoms with E-state index >= 15 is 0 Å². The van der Waals surface area contributed by atoms with E-state index in [0.717, 1.165) is 17.5 Å². The van der Waals surface area contributed by atoms with Crippen molar-refractivity contribution in [3.05, 3.63) is 51.5 Å². The first kappa shape index (κ1) is 17.7. The highest BCUT2D eigenvalue weighted by Crippen LogP contribution is 2.34. The maximum Gasteiger partial charge on any atom is 0.322 e. The molecule has 0 atom stereocenters. The Balaban J connectivity index is 1.78. The summed E-state index contributed by atoms with van der Waals surface area (Å²) in [7, 11) is 3.21. The summed E-state index contributed by atoms with van der Waals surface area (Å²) in [6.07, 6.45) is 0.742. The highest BCUT2D eigenvalue weighted by atomic mass is 35.5. The molecule has 2 aromatic rings. The fourth-order valence-electron chi connectivity index (χ4n) is 2.85. The molecule has 2 amide bonds. The van der Waals surface area contributed by atoms with Gasteiger partial charge in [0.1, 0.15) is 0 Å². The van der Waals surface area contributed by atoms with Crippen molar-refractivity contribution >= 4 is 34.9 Å². The monoisotopic (exact) mass is 380 g/mol. The van der Waals surface area contributed by atoms with Gasteiger partial charge >= 0.3 is 6.03 Å². The molecule has 0 unspecified atom stereocenters. The third-order valence-corrected chi connectivity index (χ3v) is 5.02. The Kier molecular flexibility index (Phi) is 5.25. The first-order valence-electron chi connectivity index (χ1n) is 7.77. The number of ether oxygens (including phenoxy) is 2. The molecule has 25 heavy (non-hydrogen) atoms. The number of nitrogens with zero attached hydrogens (tertiary/aromatic N) is 1. The van der Waals surface area contributed by atoms with Crippen molar-refractivity contribution in [1.82, 2.24) is 4.90 Å². The third kappa shape index (κ3) is 3.62. The second kappa shape index (κ2) is 7.42. The van der Waals surface area contributed by atoms with E-state index in [1.807, 2.05) is 12.1 Å². The average molecular weight is 381 g/mol. The predicted molar refractivity (Wildman–Crippen MR) is 99.1 cm³/mol. The van der Waals surface area contributed by atoms with Gasteiger partial charge in [0.2, 0.25) is 0 Å². The molecule has 0 saturated carbocycles. The summed E-state index contributed by atoms with van der Waals surface area (Å²) in [4.78, 5) is 14.3. The topological polar surface area (TPSA) is 50.8 Å². The number of benzene rings is 2. The van der Waals surface area contributed by atoms with Crippen molar-refractivity contribution in [3.8, 4) is 11.5 Å². The molecule has 0 radical (unpaired) electrons. The van der Waals surface area contributed by atoms with Gasteiger partial charge in [-0.15, -0.1) is 0 Å². The molecule has 1 heterocycles. The molecular formula is C18H18Cl2N2O3. The Labute approximate surface area is 156 Å². The van der Waals surface area contributed by atoms with Gasteiger partial charge in [-0.25, -0.2) is 4.79 Å². The Hall–Kier alpha value is -2.11. The molecule has 0 bridgehead atoms. The number of carbonyl (C=O) groups is 1. The summed E-state index contributed by atoms with van der Waals surface area (Å²) in [5.74, 6) is 1.35. The number of methoxy groups -OCH3 is 2. The molecule has 2 aromatic carbocycles. The molecule has 1 aliphatic rings. The van der Waals surface area contributed by atoms with Crippen LogP contribution >= 0.6 is 23.2 Å². The van der Waals surface area contributed by atoms with Crippen LogP contribution in [0, 0.1) is 0 Å². The molecule has 132 valence electrons. The zero-order chi connectivity index (χ0) is 18.0. The summed E-state index contributed by atoms with van der Waals surface area (Å²) in [5, 5.41) is 3.55. The van der Waals surface area contributed by atoms with Gasteiger partial charge in [0.15, 0.2) is 11.5 Å². The van der Waals surface area contributed by atoms with E-state index in [4.69, 9.17) is 32.7 Å². The van der Waals surface area contributed by atoms with E-state index in [0.29, 0.717) is 40.3 Å². The molecule has 0 spiro atoms. The van der Waals surface area contributed by atoms with Gasteiger partial charge in [-0.05, 0) is 41.8 Å². The lowest BCUT2D eigenvalue weighted by molar-refractivity contribution is 0.206. The van der Waals surface area contributed by atoms with Crippen LogP contribution in [-0.2, 0) is 13.0 Å². The smallest absolute Gasteiger partial charge is 0.322 e. The number of amides is 2. The van der Waals surface area contributed by atoms with Gasteiger partial charge in [0, 0.05) is 13.1 Å². The molecule has 3 rings (SSSR count). The Morgan fingerprint density at radius 1 is 1.12 bits per heavy atom. The third-order valence-electron chi connectivity index (χ3n) is 4.20. The minimum Gasteiger partial charge on any atom is -0.493 e. The number of nitrogens with one attached hydrogen (secondary N) is 1. The van der Waals surface area contributed by atoms with Crippen molar-refractivity contribution < 1.29 is 14.3 Å². The van der Waals surface area contributed by atoms with Crippen LogP contribution in [0.4, 0.5) is 10.5 Å². The number of urea groups is 1. The van der Waals surface area contributed by atoms with E-state index in [9.17, 15) is 4.79 Å². The number of hydrogen-bond donors (Lipinski definition) is 1. The zero-order valence-electron chi connectivity index (χ0n) is 13.9. The molecule has 0 fully saturated rings. The summed E-state index contributed by atoms with van der Waals surface area (Å²) < 4.78 is 10.7. The lowest BCUT2D eigenvalue weighted by Crippen LogP contribution is -2.39. The maximum atomic E-state index is 12.6. The fraction of sp³-hybridized carbons (Fsp3) is 0.278. The van der Waals surface area contributed by atoms with E-state index in [1.165, 1.54) is 0 Å². The second-order valence-electron chi connectivity index (χ2n) is 5.68. The van der Waals surface area contributed by atoms with Gasteiger partial charge < -0.3 is 19.7 Å². The van der Waals surface area contributed by atoms with Crippen molar-refractivity contribution in [3.63, 3.8) is 0 Å². The van der Waals surface area contributed by atoms with Gasteiger partial charge in [0.25, 0.3) is 0 Å². The van der Waals surface area contributed by atoms with Crippen LogP contribution in [0.25, 0.3) is 0 Å². The van der Waals surface area contributed by atoms with Crippen LogP contribution in [0.5, 0.6) is 11.5 Å². The van der Waals surface area contributed by atoms with Gasteiger partial charge in [-0.1, -0.05) is 29.3 Å². The first-order chi connectivity index (χ1) is 12.0. The van der Waals surface area contributed by atoms with E-state index in [2.05, 4.69) is 5.32 Å². The lowest BCUT2D eigenvalue weighted by Gasteiger charge is -2.29. The molecule has 1 N–H and O–H groups in total. The number of anilines is 1. The fourth-order valence-corrected chi connectivity index (χ4v) is 3.20. The normalized spacial score (nSPS) is 13.2. The van der Waals surface area contributed by atoms with Gasteiger partial charge in [-0.2, -0.15) is 0 Å². The van der Waals surface area contributed by atoms with Crippen LogP contribution in [0.3, 0.4) is 0 Å². The van der Waals surface area contributed by atoms with Crippen molar-refractivity contribution in [2.45, 2.75) is 13.0 Å². The van der Waals surface area contributed by atoms with Gasteiger partial charge in [0.05, 0.1) is 30.0 Å². The van der Waals surface area contributed by atoms with Crippen LogP contribution in [0.1, 0.15) is 11.1 Å². The second-order valence-corrected chi connectivity index (χ2v) is 6.46. The largest absolute Gasteiger partial charge is 0.493 e. The van der Waals surface area contributed by atoms with Crippen molar-refractivity contribution in [1.29, 1.82) is 0 Å². The molecule has 0 aliphatic carbocycles. The molecule has 7 heteroatoms. The molecule has 0 saturated heterocycles. The van der Waals surface area contributed by atoms with Crippen LogP contribution in [0.2, 0.25) is 10.0 Å². The number of carbonyl (C=O) groups excluding carboxylic acids is 1. The highest BCUT2D eigenvalue weighted by Gasteiger charge is 2.23. The summed E-state index contributed by atoms with van der Waals surface area (Å²) in [6, 6.07) is 8.81. The van der Waals surface area contributed by atoms with E-state index in [1.54, 1.807) is 37.3 Å². The van der Waals surface area contributed by atoms with Crippen molar-refractivity contribution in [2.75, 3.05) is 26.1 Å². The van der Waals surface area contributed by atoms with E-state index < -0.39 is 0 Å².